The van der Waals surface area contributed by atoms with Gasteiger partial charge in [-0.1, -0.05) is 39.0 Å². The van der Waals surface area contributed by atoms with Crippen molar-refractivity contribution in [2.45, 2.75) is 52.8 Å². The highest BCUT2D eigenvalue weighted by Gasteiger charge is 2.36. The zero-order valence-corrected chi connectivity index (χ0v) is 14.5. The van der Waals surface area contributed by atoms with Gasteiger partial charge in [-0.2, -0.15) is 0 Å². The highest BCUT2D eigenvalue weighted by Crippen LogP contribution is 2.36. The molecular formula is C16H28O2Si. The van der Waals surface area contributed by atoms with E-state index in [-0.39, 0.29) is 5.04 Å². The second kappa shape index (κ2) is 6.10. The Bertz CT molecular complexity index is 399. The van der Waals surface area contributed by atoms with Gasteiger partial charge in [0.05, 0.1) is 6.61 Å². The third-order valence-corrected chi connectivity index (χ3v) is 8.55. The zero-order chi connectivity index (χ0) is 14.7. The maximum absolute atomic E-state index is 6.11. The lowest BCUT2D eigenvalue weighted by atomic mass is 10.1. The monoisotopic (exact) mass is 280 g/mol. The molecular weight excluding hydrogens is 252 g/mol. The molecule has 0 aliphatic carbocycles. The van der Waals surface area contributed by atoms with E-state index in [1.807, 2.05) is 0 Å². The van der Waals surface area contributed by atoms with Crippen LogP contribution >= 0.6 is 0 Å². The fourth-order valence-corrected chi connectivity index (χ4v) is 2.71. The third-order valence-electron chi connectivity index (χ3n) is 4.01. The SMILES string of the molecule is Cc1cccc(C)c1OCCO[Si](C)(C)C(C)(C)C. The van der Waals surface area contributed by atoms with Crippen molar-refractivity contribution in [2.24, 2.45) is 0 Å². The Hall–Kier alpha value is -0.803. The van der Waals surface area contributed by atoms with Crippen LogP contribution in [0.5, 0.6) is 5.75 Å². The number of para-hydroxylation sites is 1. The molecule has 108 valence electrons. The minimum atomic E-state index is -1.65. The second-order valence-corrected chi connectivity index (χ2v) is 11.5. The molecule has 0 aliphatic heterocycles. The number of ether oxygens (including phenoxy) is 1. The number of hydrogen-bond donors (Lipinski definition) is 0. The lowest BCUT2D eigenvalue weighted by Crippen LogP contribution is -2.41. The maximum Gasteiger partial charge on any atom is 0.192 e. The first kappa shape index (κ1) is 16.3. The lowest BCUT2D eigenvalue weighted by molar-refractivity contribution is 0.202. The van der Waals surface area contributed by atoms with Gasteiger partial charge in [0.1, 0.15) is 12.4 Å². The molecule has 0 unspecified atom stereocenters. The summed E-state index contributed by atoms with van der Waals surface area (Å²) in [6.45, 7) is 16.8. The molecule has 3 heteroatoms. The summed E-state index contributed by atoms with van der Waals surface area (Å²) in [6.07, 6.45) is 0. The van der Waals surface area contributed by atoms with Crippen molar-refractivity contribution >= 4 is 8.32 Å². The third kappa shape index (κ3) is 4.36. The van der Waals surface area contributed by atoms with Gasteiger partial charge < -0.3 is 9.16 Å². The number of hydrogen-bond acceptors (Lipinski definition) is 2. The van der Waals surface area contributed by atoms with Gasteiger partial charge in [0.25, 0.3) is 0 Å². The molecule has 19 heavy (non-hydrogen) atoms. The van der Waals surface area contributed by atoms with Crippen LogP contribution in [0.2, 0.25) is 18.1 Å². The molecule has 1 aromatic rings. The molecule has 0 spiro atoms. The molecule has 0 saturated carbocycles. The van der Waals surface area contributed by atoms with Crippen molar-refractivity contribution in [1.29, 1.82) is 0 Å². The van der Waals surface area contributed by atoms with Crippen LogP contribution in [0.1, 0.15) is 31.9 Å². The predicted octanol–water partition coefficient (Wildman–Crippen LogP) is 4.70. The number of rotatable bonds is 5. The Morgan fingerprint density at radius 3 is 2.00 bits per heavy atom. The average molecular weight is 280 g/mol. The van der Waals surface area contributed by atoms with Gasteiger partial charge >= 0.3 is 0 Å². The van der Waals surface area contributed by atoms with Gasteiger partial charge in [-0.3, -0.25) is 0 Å². The summed E-state index contributed by atoms with van der Waals surface area (Å²) < 4.78 is 12.0. The molecule has 0 aromatic heterocycles. The van der Waals surface area contributed by atoms with Gasteiger partial charge in [-0.05, 0) is 43.1 Å². The van der Waals surface area contributed by atoms with Crippen molar-refractivity contribution in [3.05, 3.63) is 29.3 Å². The van der Waals surface area contributed by atoms with E-state index < -0.39 is 8.32 Å². The highest BCUT2D eigenvalue weighted by atomic mass is 28.4. The Morgan fingerprint density at radius 1 is 1.00 bits per heavy atom. The summed E-state index contributed by atoms with van der Waals surface area (Å²) in [5.41, 5.74) is 2.37. The lowest BCUT2D eigenvalue weighted by Gasteiger charge is -2.36. The summed E-state index contributed by atoms with van der Waals surface area (Å²) >= 11 is 0. The van der Waals surface area contributed by atoms with Crippen LogP contribution in [-0.4, -0.2) is 21.5 Å². The smallest absolute Gasteiger partial charge is 0.192 e. The molecule has 0 N–H and O–H groups in total. The molecule has 0 atom stereocenters. The van der Waals surface area contributed by atoms with Crippen molar-refractivity contribution < 1.29 is 9.16 Å². The topological polar surface area (TPSA) is 18.5 Å². The Kier molecular flexibility index (Phi) is 5.22. The van der Waals surface area contributed by atoms with E-state index >= 15 is 0 Å². The van der Waals surface area contributed by atoms with Crippen LogP contribution in [0.25, 0.3) is 0 Å². The quantitative estimate of drug-likeness (QED) is 0.575. The van der Waals surface area contributed by atoms with Crippen LogP contribution in [0.4, 0.5) is 0 Å². The normalized spacial score (nSPS) is 12.6. The first-order valence-electron chi connectivity index (χ1n) is 6.98. The van der Waals surface area contributed by atoms with Crippen molar-refractivity contribution in [1.82, 2.24) is 0 Å². The summed E-state index contributed by atoms with van der Waals surface area (Å²) in [5.74, 6) is 1.00. The molecule has 0 aliphatic rings. The number of aryl methyl sites for hydroxylation is 2. The van der Waals surface area contributed by atoms with E-state index in [0.717, 1.165) is 5.75 Å². The second-order valence-electron chi connectivity index (χ2n) is 6.68. The van der Waals surface area contributed by atoms with Crippen molar-refractivity contribution in [2.75, 3.05) is 13.2 Å². The maximum atomic E-state index is 6.11. The first-order chi connectivity index (χ1) is 8.65. The summed E-state index contributed by atoms with van der Waals surface area (Å²) in [5, 5.41) is 0.256. The van der Waals surface area contributed by atoms with Crippen LogP contribution in [0.3, 0.4) is 0 Å². The summed E-state index contributed by atoms with van der Waals surface area (Å²) in [6, 6.07) is 6.22. The molecule has 1 aromatic carbocycles. The van der Waals surface area contributed by atoms with E-state index in [1.54, 1.807) is 0 Å². The van der Waals surface area contributed by atoms with E-state index in [4.69, 9.17) is 9.16 Å². The van der Waals surface area contributed by atoms with E-state index in [0.29, 0.717) is 13.2 Å². The van der Waals surface area contributed by atoms with Gasteiger partial charge in [0.2, 0.25) is 0 Å². The van der Waals surface area contributed by atoms with Crippen LogP contribution < -0.4 is 4.74 Å². The Balaban J connectivity index is 2.48. The molecule has 0 bridgehead atoms. The van der Waals surface area contributed by atoms with Gasteiger partial charge in [-0.15, -0.1) is 0 Å². The average Bonchev–Trinajstić information content (AvgIpc) is 2.25. The predicted molar refractivity (Wildman–Crippen MR) is 84.6 cm³/mol. The fraction of sp³-hybridized carbons (Fsp3) is 0.625. The standard InChI is InChI=1S/C16H28O2Si/c1-13-9-8-10-14(2)15(13)17-11-12-18-19(6,7)16(3,4)5/h8-10H,11-12H2,1-7H3. The van der Waals surface area contributed by atoms with Gasteiger partial charge in [0.15, 0.2) is 8.32 Å². The van der Waals surface area contributed by atoms with Crippen molar-refractivity contribution in [3.63, 3.8) is 0 Å². The molecule has 2 nitrogen and oxygen atoms in total. The van der Waals surface area contributed by atoms with Crippen LogP contribution in [0.15, 0.2) is 18.2 Å². The molecule has 0 amide bonds. The van der Waals surface area contributed by atoms with E-state index in [9.17, 15) is 0 Å². The Morgan fingerprint density at radius 2 is 1.53 bits per heavy atom. The summed E-state index contributed by atoms with van der Waals surface area (Å²) in [7, 11) is -1.65. The molecule has 0 heterocycles. The Labute approximate surface area is 119 Å². The minimum absolute atomic E-state index is 0.256. The minimum Gasteiger partial charge on any atom is -0.491 e. The highest BCUT2D eigenvalue weighted by molar-refractivity contribution is 6.74. The van der Waals surface area contributed by atoms with Crippen molar-refractivity contribution in [3.8, 4) is 5.75 Å². The molecule has 0 radical (unpaired) electrons. The largest absolute Gasteiger partial charge is 0.491 e. The molecule has 1 rings (SSSR count). The van der Waals surface area contributed by atoms with Gasteiger partial charge in [0, 0.05) is 0 Å². The molecule has 0 fully saturated rings. The zero-order valence-electron chi connectivity index (χ0n) is 13.5. The van der Waals surface area contributed by atoms with Crippen LogP contribution in [-0.2, 0) is 4.43 Å². The first-order valence-corrected chi connectivity index (χ1v) is 9.89. The van der Waals surface area contributed by atoms with Crippen LogP contribution in [0, 0.1) is 13.8 Å². The number of benzene rings is 1. The fourth-order valence-electron chi connectivity index (χ4n) is 1.68. The van der Waals surface area contributed by atoms with E-state index in [1.165, 1.54) is 11.1 Å². The summed E-state index contributed by atoms with van der Waals surface area (Å²) in [4.78, 5) is 0. The van der Waals surface area contributed by atoms with Gasteiger partial charge in [-0.25, -0.2) is 0 Å². The van der Waals surface area contributed by atoms with E-state index in [2.05, 4.69) is 65.9 Å². The molecule has 0 saturated heterocycles.